The van der Waals surface area contributed by atoms with Gasteiger partial charge < -0.3 is 10.1 Å². The van der Waals surface area contributed by atoms with E-state index in [1.165, 1.54) is 0 Å². The third-order valence-corrected chi connectivity index (χ3v) is 3.14. The summed E-state index contributed by atoms with van der Waals surface area (Å²) in [5, 5.41) is 10.4. The summed E-state index contributed by atoms with van der Waals surface area (Å²) in [5.41, 5.74) is 1.66. The molecule has 0 saturated carbocycles. The van der Waals surface area contributed by atoms with E-state index in [0.29, 0.717) is 10.6 Å². The maximum absolute atomic E-state index is 10.9. The molecule has 0 radical (unpaired) electrons. The highest BCUT2D eigenvalue weighted by molar-refractivity contribution is 9.10. The number of fused-ring (bicyclic) bond motifs is 1. The van der Waals surface area contributed by atoms with Crippen molar-refractivity contribution in [1.82, 2.24) is 4.98 Å². The van der Waals surface area contributed by atoms with E-state index in [9.17, 15) is 4.79 Å². The van der Waals surface area contributed by atoms with Gasteiger partial charge in [-0.05, 0) is 40.5 Å². The maximum Gasteiger partial charge on any atom is 0.352 e. The molecule has 0 amide bonds. The topological polar surface area (TPSA) is 53.1 Å². The number of aryl methyl sites for hydroxylation is 1. The molecule has 3 nitrogen and oxygen atoms in total. The van der Waals surface area contributed by atoms with Gasteiger partial charge >= 0.3 is 5.97 Å². The maximum atomic E-state index is 10.9. The Kier molecular flexibility index (Phi) is 2.48. The van der Waals surface area contributed by atoms with Gasteiger partial charge in [-0.15, -0.1) is 0 Å². The summed E-state index contributed by atoms with van der Waals surface area (Å²) in [6.07, 6.45) is 0. The summed E-state index contributed by atoms with van der Waals surface area (Å²) < 4.78 is 0.764. The van der Waals surface area contributed by atoms with Crippen LogP contribution < -0.4 is 0 Å². The Morgan fingerprint density at radius 1 is 1.53 bits per heavy atom. The SMILES string of the molecule is Cc1c(C(=O)O)[nH]c2c(Br)cc(Cl)cc12. The Hall–Kier alpha value is -1.00. The molecule has 0 saturated heterocycles. The van der Waals surface area contributed by atoms with Crippen molar-refractivity contribution in [3.05, 3.63) is 32.9 Å². The van der Waals surface area contributed by atoms with E-state index in [1.54, 1.807) is 19.1 Å². The van der Waals surface area contributed by atoms with Crippen LogP contribution in [0, 0.1) is 6.92 Å². The highest BCUT2D eigenvalue weighted by atomic mass is 79.9. The van der Waals surface area contributed by atoms with Gasteiger partial charge in [0.05, 0.1) is 5.52 Å². The number of rotatable bonds is 1. The number of carboxylic acid groups (broad SMARTS) is 1. The van der Waals surface area contributed by atoms with Crippen LogP contribution in [0.3, 0.4) is 0 Å². The molecule has 5 heteroatoms. The van der Waals surface area contributed by atoms with Gasteiger partial charge in [0.25, 0.3) is 0 Å². The highest BCUT2D eigenvalue weighted by Gasteiger charge is 2.15. The zero-order chi connectivity index (χ0) is 11.2. The smallest absolute Gasteiger partial charge is 0.352 e. The van der Waals surface area contributed by atoms with Crippen molar-refractivity contribution in [2.24, 2.45) is 0 Å². The third kappa shape index (κ3) is 1.64. The van der Waals surface area contributed by atoms with Crippen molar-refractivity contribution in [3.8, 4) is 0 Å². The molecule has 0 fully saturated rings. The molecule has 2 aromatic rings. The molecule has 1 aromatic carbocycles. The standard InChI is InChI=1S/C10H7BrClNO2/c1-4-6-2-5(12)3-7(11)9(6)13-8(4)10(14)15/h2-3,13H,1H3,(H,14,15). The van der Waals surface area contributed by atoms with Crippen LogP contribution in [0.4, 0.5) is 0 Å². The lowest BCUT2D eigenvalue weighted by molar-refractivity contribution is 0.0691. The monoisotopic (exact) mass is 287 g/mol. The number of H-pyrrole nitrogens is 1. The molecule has 1 heterocycles. The van der Waals surface area contributed by atoms with Gasteiger partial charge in [0, 0.05) is 14.9 Å². The second-order valence-corrected chi connectivity index (χ2v) is 4.53. The number of aromatic amines is 1. The van der Waals surface area contributed by atoms with E-state index in [0.717, 1.165) is 15.4 Å². The van der Waals surface area contributed by atoms with Gasteiger partial charge in [0.2, 0.25) is 0 Å². The first-order valence-electron chi connectivity index (χ1n) is 4.21. The molecule has 0 aliphatic heterocycles. The number of carboxylic acids is 1. The zero-order valence-electron chi connectivity index (χ0n) is 7.77. The van der Waals surface area contributed by atoms with Crippen molar-refractivity contribution in [2.75, 3.05) is 0 Å². The van der Waals surface area contributed by atoms with Crippen LogP contribution >= 0.6 is 27.5 Å². The Morgan fingerprint density at radius 3 is 2.80 bits per heavy atom. The summed E-state index contributed by atoms with van der Waals surface area (Å²) in [6.45, 7) is 1.76. The van der Waals surface area contributed by atoms with Crippen LogP contribution in [-0.4, -0.2) is 16.1 Å². The lowest BCUT2D eigenvalue weighted by atomic mass is 10.1. The molecule has 0 aliphatic rings. The van der Waals surface area contributed by atoms with Gasteiger partial charge in [-0.25, -0.2) is 4.79 Å². The third-order valence-electron chi connectivity index (χ3n) is 2.30. The van der Waals surface area contributed by atoms with Crippen LogP contribution in [0.5, 0.6) is 0 Å². The summed E-state index contributed by atoms with van der Waals surface area (Å²) >= 11 is 9.23. The Bertz CT molecular complexity index is 562. The molecule has 2 N–H and O–H groups in total. The van der Waals surface area contributed by atoms with Crippen molar-refractivity contribution in [1.29, 1.82) is 0 Å². The largest absolute Gasteiger partial charge is 0.477 e. The van der Waals surface area contributed by atoms with Crippen LogP contribution in [0.1, 0.15) is 16.1 Å². The highest BCUT2D eigenvalue weighted by Crippen LogP contribution is 2.31. The summed E-state index contributed by atoms with van der Waals surface area (Å²) in [7, 11) is 0. The van der Waals surface area contributed by atoms with Gasteiger partial charge in [-0.1, -0.05) is 11.6 Å². The molecule has 0 atom stereocenters. The van der Waals surface area contributed by atoms with Crippen molar-refractivity contribution in [2.45, 2.75) is 6.92 Å². The molecule has 15 heavy (non-hydrogen) atoms. The molecule has 2 rings (SSSR count). The van der Waals surface area contributed by atoms with Gasteiger partial charge in [0.15, 0.2) is 0 Å². The lowest BCUT2D eigenvalue weighted by Crippen LogP contribution is -1.98. The quantitative estimate of drug-likeness (QED) is 0.842. The fourth-order valence-electron chi connectivity index (χ4n) is 1.56. The number of aromatic carboxylic acids is 1. The van der Waals surface area contributed by atoms with Crippen LogP contribution in [0.15, 0.2) is 16.6 Å². The predicted octanol–water partition coefficient (Wildman–Crippen LogP) is 3.59. The number of carbonyl (C=O) groups is 1. The minimum atomic E-state index is -0.966. The molecule has 78 valence electrons. The Morgan fingerprint density at radius 2 is 2.20 bits per heavy atom. The number of nitrogens with one attached hydrogen (secondary N) is 1. The zero-order valence-corrected chi connectivity index (χ0v) is 10.1. The Labute approximate surface area is 99.2 Å². The summed E-state index contributed by atoms with van der Waals surface area (Å²) in [5.74, 6) is -0.966. The number of halogens is 2. The van der Waals surface area contributed by atoms with Gasteiger partial charge in [0.1, 0.15) is 5.69 Å². The van der Waals surface area contributed by atoms with E-state index in [-0.39, 0.29) is 5.69 Å². The van der Waals surface area contributed by atoms with E-state index >= 15 is 0 Å². The van der Waals surface area contributed by atoms with E-state index in [2.05, 4.69) is 20.9 Å². The average Bonchev–Trinajstić information content (AvgIpc) is 2.44. The van der Waals surface area contributed by atoms with Crippen LogP contribution in [0.25, 0.3) is 10.9 Å². The second-order valence-electron chi connectivity index (χ2n) is 3.24. The first-order chi connectivity index (χ1) is 7.00. The van der Waals surface area contributed by atoms with Crippen molar-refractivity contribution < 1.29 is 9.90 Å². The molecule has 0 bridgehead atoms. The number of hydrogen-bond acceptors (Lipinski definition) is 1. The molecule has 0 aliphatic carbocycles. The average molecular weight is 289 g/mol. The van der Waals surface area contributed by atoms with Crippen LogP contribution in [-0.2, 0) is 0 Å². The number of aromatic nitrogens is 1. The molecule has 0 spiro atoms. The van der Waals surface area contributed by atoms with E-state index in [1.807, 2.05) is 0 Å². The molecule has 1 aromatic heterocycles. The van der Waals surface area contributed by atoms with Crippen LogP contribution in [0.2, 0.25) is 5.02 Å². The normalized spacial score (nSPS) is 10.9. The predicted molar refractivity (Wildman–Crippen MR) is 62.7 cm³/mol. The molecular formula is C10H7BrClNO2. The van der Waals surface area contributed by atoms with Crippen molar-refractivity contribution >= 4 is 44.4 Å². The first kappa shape index (κ1) is 10.5. The van der Waals surface area contributed by atoms with Gasteiger partial charge in [-0.3, -0.25) is 0 Å². The summed E-state index contributed by atoms with van der Waals surface area (Å²) in [6, 6.07) is 3.48. The van der Waals surface area contributed by atoms with Crippen molar-refractivity contribution in [3.63, 3.8) is 0 Å². The number of hydrogen-bond donors (Lipinski definition) is 2. The number of benzene rings is 1. The summed E-state index contributed by atoms with van der Waals surface area (Å²) in [4.78, 5) is 13.8. The minimum Gasteiger partial charge on any atom is -0.477 e. The minimum absolute atomic E-state index is 0.202. The molecule has 0 unspecified atom stereocenters. The fraction of sp³-hybridized carbons (Fsp3) is 0.100. The Balaban J connectivity index is 2.88. The van der Waals surface area contributed by atoms with Gasteiger partial charge in [-0.2, -0.15) is 0 Å². The second kappa shape index (κ2) is 3.54. The first-order valence-corrected chi connectivity index (χ1v) is 5.38. The van der Waals surface area contributed by atoms with E-state index < -0.39 is 5.97 Å². The molecular weight excluding hydrogens is 281 g/mol. The lowest BCUT2D eigenvalue weighted by Gasteiger charge is -1.96. The van der Waals surface area contributed by atoms with E-state index in [4.69, 9.17) is 16.7 Å². The fourth-order valence-corrected chi connectivity index (χ4v) is 2.47.